The summed E-state index contributed by atoms with van der Waals surface area (Å²) in [5.74, 6) is -0.615. The van der Waals surface area contributed by atoms with Gasteiger partial charge in [-0.2, -0.15) is 0 Å². The molecule has 6 heteroatoms. The maximum absolute atomic E-state index is 13.4. The fraction of sp³-hybridized carbons (Fsp3) is 0.231. The molecule has 3 aromatic rings. The van der Waals surface area contributed by atoms with Crippen LogP contribution in [0.2, 0.25) is 0 Å². The molecule has 0 aliphatic carbocycles. The van der Waals surface area contributed by atoms with Gasteiger partial charge >= 0.3 is 0 Å². The van der Waals surface area contributed by atoms with Crippen molar-refractivity contribution < 1.29 is 14.6 Å². The molecule has 1 aromatic heterocycles. The van der Waals surface area contributed by atoms with Crippen LogP contribution in [0.4, 0.5) is 5.69 Å². The van der Waals surface area contributed by atoms with E-state index >= 15 is 0 Å². The molecule has 32 heavy (non-hydrogen) atoms. The second kappa shape index (κ2) is 9.56. The van der Waals surface area contributed by atoms with Crippen LogP contribution in [0, 0.1) is 13.8 Å². The Hall–Kier alpha value is -3.80. The van der Waals surface area contributed by atoms with Crippen LogP contribution in [0.5, 0.6) is 11.6 Å². The van der Waals surface area contributed by atoms with Gasteiger partial charge in [0, 0.05) is 24.0 Å². The number of nitrogens with zero attached hydrogens (tertiary/aromatic N) is 2. The summed E-state index contributed by atoms with van der Waals surface area (Å²) in [6.45, 7) is 13.9. The highest BCUT2D eigenvalue weighted by atomic mass is 16.5. The molecule has 0 bridgehead atoms. The molecule has 2 aromatic carbocycles. The Morgan fingerprint density at radius 1 is 1.06 bits per heavy atom. The Balaban J connectivity index is 2.28. The molecule has 0 saturated heterocycles. The molecule has 0 radical (unpaired) electrons. The molecule has 0 aliphatic rings. The lowest BCUT2D eigenvalue weighted by Crippen LogP contribution is -2.44. The normalized spacial score (nSPS) is 11.4. The van der Waals surface area contributed by atoms with Crippen LogP contribution in [0.3, 0.4) is 0 Å². The first-order chi connectivity index (χ1) is 15.3. The van der Waals surface area contributed by atoms with E-state index in [2.05, 4.69) is 25.3 Å². The predicted molar refractivity (Wildman–Crippen MR) is 128 cm³/mol. The van der Waals surface area contributed by atoms with Gasteiger partial charge in [-0.25, -0.2) is 4.57 Å². The number of anilines is 1. The SMILES string of the molecule is C=c1c(OC=O)c(O)n(-c2cc(C)cc(C)c2)c(=O)/c1=C\c1ccc(N(CC)CC)cc1. The number of rotatable bonds is 7. The topological polar surface area (TPSA) is 71.8 Å². The molecule has 1 N–H and O–H groups in total. The van der Waals surface area contributed by atoms with Crippen molar-refractivity contribution in [1.29, 1.82) is 0 Å². The van der Waals surface area contributed by atoms with Crippen LogP contribution in [-0.2, 0) is 4.79 Å². The van der Waals surface area contributed by atoms with E-state index in [1.165, 1.54) is 0 Å². The molecule has 0 spiro atoms. The molecule has 0 amide bonds. The molecular weight excluding hydrogens is 404 g/mol. The number of carbonyl (C=O) groups is 1. The van der Waals surface area contributed by atoms with Gasteiger partial charge in [0.25, 0.3) is 12.0 Å². The summed E-state index contributed by atoms with van der Waals surface area (Å²) in [5.41, 5.74) is 3.76. The van der Waals surface area contributed by atoms with Crippen LogP contribution in [0.15, 0.2) is 47.3 Å². The van der Waals surface area contributed by atoms with E-state index in [9.17, 15) is 14.7 Å². The summed E-state index contributed by atoms with van der Waals surface area (Å²) in [4.78, 5) is 26.7. The summed E-state index contributed by atoms with van der Waals surface area (Å²) in [6, 6.07) is 13.4. The quantitative estimate of drug-likeness (QED) is 0.582. The fourth-order valence-electron chi connectivity index (χ4n) is 3.88. The van der Waals surface area contributed by atoms with Gasteiger partial charge in [-0.1, -0.05) is 24.8 Å². The largest absolute Gasteiger partial charge is 0.491 e. The van der Waals surface area contributed by atoms with Gasteiger partial charge in [-0.05, 0) is 74.7 Å². The van der Waals surface area contributed by atoms with Crippen molar-refractivity contribution in [2.45, 2.75) is 27.7 Å². The number of aromatic nitrogens is 1. The van der Waals surface area contributed by atoms with E-state index in [1.807, 2.05) is 44.2 Å². The van der Waals surface area contributed by atoms with Crippen LogP contribution in [-0.4, -0.2) is 29.2 Å². The summed E-state index contributed by atoms with van der Waals surface area (Å²) in [5, 5.41) is 11.2. The zero-order chi connectivity index (χ0) is 23.4. The second-order valence-electron chi connectivity index (χ2n) is 7.65. The third kappa shape index (κ3) is 4.44. The smallest absolute Gasteiger partial charge is 0.298 e. The number of aryl methyl sites for hydroxylation is 2. The summed E-state index contributed by atoms with van der Waals surface area (Å²) in [6.07, 6.45) is 1.69. The Kier molecular flexibility index (Phi) is 6.83. The number of carbonyl (C=O) groups excluding carboxylic acids is 1. The van der Waals surface area contributed by atoms with Crippen LogP contribution in [0.25, 0.3) is 18.3 Å². The summed E-state index contributed by atoms with van der Waals surface area (Å²) < 4.78 is 6.17. The van der Waals surface area contributed by atoms with E-state index in [0.29, 0.717) is 5.69 Å². The molecule has 166 valence electrons. The zero-order valence-corrected chi connectivity index (χ0v) is 18.9. The van der Waals surface area contributed by atoms with Gasteiger partial charge in [-0.15, -0.1) is 0 Å². The number of hydrogen-bond donors (Lipinski definition) is 1. The van der Waals surface area contributed by atoms with E-state index in [1.54, 1.807) is 18.2 Å². The van der Waals surface area contributed by atoms with Crippen LogP contribution >= 0.6 is 0 Å². The van der Waals surface area contributed by atoms with E-state index in [0.717, 1.165) is 40.0 Å². The van der Waals surface area contributed by atoms with Crippen molar-refractivity contribution in [2.75, 3.05) is 18.0 Å². The Morgan fingerprint density at radius 2 is 1.66 bits per heavy atom. The fourth-order valence-corrected chi connectivity index (χ4v) is 3.88. The second-order valence-corrected chi connectivity index (χ2v) is 7.65. The molecule has 0 unspecified atom stereocenters. The van der Waals surface area contributed by atoms with Crippen molar-refractivity contribution in [3.05, 3.63) is 79.9 Å². The molecular formula is C26H28N2O4. The Labute approximate surface area is 187 Å². The lowest BCUT2D eigenvalue weighted by molar-refractivity contribution is -0.120. The van der Waals surface area contributed by atoms with E-state index < -0.39 is 11.4 Å². The maximum atomic E-state index is 13.4. The standard InChI is InChI=1S/C26H28N2O4/c1-6-27(7-2)21-10-8-20(9-11-21)15-23-19(5)24(32-16-29)26(31)28(25(23)30)22-13-17(3)12-18(4)14-22/h8-16,31H,5-7H2,1-4H3/b23-15-. The number of ether oxygens (including phenoxy) is 1. The average molecular weight is 433 g/mol. The average Bonchev–Trinajstić information content (AvgIpc) is 2.75. The van der Waals surface area contributed by atoms with Gasteiger partial charge in [0.15, 0.2) is 5.75 Å². The van der Waals surface area contributed by atoms with Crippen LogP contribution in [0.1, 0.15) is 30.5 Å². The third-order valence-corrected chi connectivity index (χ3v) is 5.41. The Morgan fingerprint density at radius 3 is 2.19 bits per heavy atom. The van der Waals surface area contributed by atoms with E-state index in [4.69, 9.17) is 4.74 Å². The highest BCUT2D eigenvalue weighted by Gasteiger charge is 2.17. The summed E-state index contributed by atoms with van der Waals surface area (Å²) >= 11 is 0. The minimum Gasteiger partial charge on any atom is -0.491 e. The number of hydrogen-bond acceptors (Lipinski definition) is 5. The minimum atomic E-state index is -0.467. The third-order valence-electron chi connectivity index (χ3n) is 5.41. The van der Waals surface area contributed by atoms with Gasteiger partial charge in [0.2, 0.25) is 5.88 Å². The Bertz CT molecular complexity index is 1280. The first-order valence-electron chi connectivity index (χ1n) is 10.5. The minimum absolute atomic E-state index is 0.146. The molecule has 0 saturated carbocycles. The lowest BCUT2D eigenvalue weighted by Gasteiger charge is -2.20. The highest BCUT2D eigenvalue weighted by Crippen LogP contribution is 2.23. The molecule has 3 rings (SSSR count). The molecule has 6 nitrogen and oxygen atoms in total. The van der Waals surface area contributed by atoms with Crippen molar-refractivity contribution >= 4 is 24.8 Å². The monoisotopic (exact) mass is 432 g/mol. The van der Waals surface area contributed by atoms with Crippen molar-refractivity contribution in [3.63, 3.8) is 0 Å². The van der Waals surface area contributed by atoms with E-state index in [-0.39, 0.29) is 22.7 Å². The van der Waals surface area contributed by atoms with Gasteiger partial charge in [-0.3, -0.25) is 9.59 Å². The highest BCUT2D eigenvalue weighted by molar-refractivity contribution is 5.59. The van der Waals surface area contributed by atoms with Crippen molar-refractivity contribution in [3.8, 4) is 17.3 Å². The molecule has 0 fully saturated rings. The number of benzene rings is 2. The lowest BCUT2D eigenvalue weighted by atomic mass is 10.1. The van der Waals surface area contributed by atoms with Crippen LogP contribution < -0.4 is 25.6 Å². The molecule has 1 heterocycles. The first-order valence-corrected chi connectivity index (χ1v) is 10.5. The van der Waals surface area contributed by atoms with Crippen molar-refractivity contribution in [1.82, 2.24) is 4.57 Å². The van der Waals surface area contributed by atoms with Gasteiger partial charge in [0.1, 0.15) is 0 Å². The summed E-state index contributed by atoms with van der Waals surface area (Å²) in [7, 11) is 0. The molecule has 0 aliphatic heterocycles. The van der Waals surface area contributed by atoms with Gasteiger partial charge < -0.3 is 14.7 Å². The van der Waals surface area contributed by atoms with Gasteiger partial charge in [0.05, 0.1) is 10.9 Å². The number of pyridine rings is 1. The first kappa shape index (κ1) is 22.9. The number of aromatic hydroxyl groups is 1. The predicted octanol–water partition coefficient (Wildman–Crippen LogP) is 2.78. The van der Waals surface area contributed by atoms with Crippen molar-refractivity contribution in [2.24, 2.45) is 0 Å². The zero-order valence-electron chi connectivity index (χ0n) is 18.9. The molecule has 0 atom stereocenters. The maximum Gasteiger partial charge on any atom is 0.298 e.